The van der Waals surface area contributed by atoms with Crippen molar-refractivity contribution < 1.29 is 4.79 Å². The molecule has 1 amide bonds. The molecule has 0 N–H and O–H groups in total. The Bertz CT molecular complexity index is 101. The Labute approximate surface area is 54.4 Å². The molecule has 0 atom stereocenters. The summed E-state index contributed by atoms with van der Waals surface area (Å²) in [6.07, 6.45) is 3.17. The smallest absolute Gasteiger partial charge is 0.269 e. The third kappa shape index (κ3) is 5.14. The van der Waals surface area contributed by atoms with Crippen LogP contribution in [0.5, 0.6) is 0 Å². The number of carbonyl (C=O) groups excluding carboxylic acids is 1. The molecule has 0 aliphatic carbocycles. The largest absolute Gasteiger partial charge is 0.286 e. The van der Waals surface area contributed by atoms with Crippen LogP contribution in [0, 0.1) is 4.91 Å². The van der Waals surface area contributed by atoms with Crippen molar-refractivity contribution in [3.05, 3.63) is 4.91 Å². The van der Waals surface area contributed by atoms with Crippen LogP contribution in [0.25, 0.3) is 0 Å². The summed E-state index contributed by atoms with van der Waals surface area (Å²) in [7, 11) is 0. The second kappa shape index (κ2) is 5.41. The van der Waals surface area contributed by atoms with Crippen LogP contribution in [-0.2, 0) is 4.79 Å². The molecule has 0 bridgehead atoms. The van der Waals surface area contributed by atoms with E-state index in [-0.39, 0.29) is 0 Å². The van der Waals surface area contributed by atoms with Crippen molar-refractivity contribution >= 4 is 5.91 Å². The number of nitrogens with zero attached hydrogens (tertiary/aromatic N) is 1. The molecule has 3 nitrogen and oxygen atoms in total. The molecule has 0 heterocycles. The van der Waals surface area contributed by atoms with E-state index in [9.17, 15) is 9.70 Å². The summed E-state index contributed by atoms with van der Waals surface area (Å²) in [5.41, 5.74) is 0. The number of hydrogen-bond donors (Lipinski definition) is 0. The normalized spacial score (nSPS) is 9.00. The molecule has 0 aromatic rings. The van der Waals surface area contributed by atoms with Gasteiger partial charge in [-0.1, -0.05) is 19.8 Å². The first kappa shape index (κ1) is 8.27. The van der Waals surface area contributed by atoms with E-state index in [0.717, 1.165) is 19.3 Å². The molecule has 0 radical (unpaired) electrons. The Kier molecular flexibility index (Phi) is 4.97. The van der Waals surface area contributed by atoms with Gasteiger partial charge in [-0.25, -0.2) is 0 Å². The molecular weight excluding hydrogens is 118 g/mol. The van der Waals surface area contributed by atoms with Gasteiger partial charge in [0.2, 0.25) is 0 Å². The first-order valence-corrected chi connectivity index (χ1v) is 3.17. The summed E-state index contributed by atoms with van der Waals surface area (Å²) in [6, 6.07) is 0. The van der Waals surface area contributed by atoms with E-state index in [1.165, 1.54) is 0 Å². The highest BCUT2D eigenvalue weighted by atomic mass is 16.3. The Morgan fingerprint density at radius 2 is 2.11 bits per heavy atom. The third-order valence-corrected chi connectivity index (χ3v) is 1.10. The van der Waals surface area contributed by atoms with Crippen molar-refractivity contribution in [3.8, 4) is 0 Å². The van der Waals surface area contributed by atoms with Crippen LogP contribution in [-0.4, -0.2) is 5.91 Å². The van der Waals surface area contributed by atoms with Crippen molar-refractivity contribution in [2.24, 2.45) is 5.18 Å². The number of hydrogen-bond acceptors (Lipinski definition) is 2. The highest BCUT2D eigenvalue weighted by Gasteiger charge is 1.97. The maximum Gasteiger partial charge on any atom is 0.286 e. The van der Waals surface area contributed by atoms with Crippen molar-refractivity contribution in [2.45, 2.75) is 32.6 Å². The monoisotopic (exact) mass is 129 g/mol. The van der Waals surface area contributed by atoms with E-state index in [4.69, 9.17) is 0 Å². The van der Waals surface area contributed by atoms with Crippen LogP contribution in [0.1, 0.15) is 32.6 Å². The Balaban J connectivity index is 3.07. The first-order chi connectivity index (χ1) is 4.31. The molecular formula is C6H11NO2. The lowest BCUT2D eigenvalue weighted by Gasteiger charge is -1.89. The van der Waals surface area contributed by atoms with Gasteiger partial charge in [-0.2, -0.15) is 0 Å². The SMILES string of the molecule is CCCCCC(=O)N=O. The van der Waals surface area contributed by atoms with Crippen LogP contribution in [0.15, 0.2) is 5.18 Å². The van der Waals surface area contributed by atoms with E-state index < -0.39 is 5.91 Å². The molecule has 0 aliphatic rings. The molecule has 0 saturated carbocycles. The Hall–Kier alpha value is -0.730. The van der Waals surface area contributed by atoms with Gasteiger partial charge >= 0.3 is 0 Å². The second-order valence-corrected chi connectivity index (χ2v) is 1.94. The summed E-state index contributed by atoms with van der Waals surface area (Å²) >= 11 is 0. The van der Waals surface area contributed by atoms with Gasteiger partial charge in [0.25, 0.3) is 5.91 Å². The van der Waals surface area contributed by atoms with Crippen molar-refractivity contribution in [3.63, 3.8) is 0 Å². The summed E-state index contributed by atoms with van der Waals surface area (Å²) in [4.78, 5) is 19.7. The second-order valence-electron chi connectivity index (χ2n) is 1.94. The van der Waals surface area contributed by atoms with Gasteiger partial charge < -0.3 is 0 Å². The number of carbonyl (C=O) groups is 1. The highest BCUT2D eigenvalue weighted by molar-refractivity contribution is 5.76. The average Bonchev–Trinajstić information content (AvgIpc) is 1.89. The van der Waals surface area contributed by atoms with E-state index in [2.05, 4.69) is 5.18 Å². The Morgan fingerprint density at radius 3 is 2.56 bits per heavy atom. The number of nitroso groups, excluding NO2 is 1. The fourth-order valence-electron chi connectivity index (χ4n) is 0.572. The van der Waals surface area contributed by atoms with Gasteiger partial charge in [0.1, 0.15) is 0 Å². The minimum Gasteiger partial charge on any atom is -0.269 e. The van der Waals surface area contributed by atoms with E-state index >= 15 is 0 Å². The van der Waals surface area contributed by atoms with Crippen LogP contribution in [0.3, 0.4) is 0 Å². The minimum absolute atomic E-state index is 0.317. The van der Waals surface area contributed by atoms with Gasteiger partial charge in [-0.3, -0.25) is 4.79 Å². The molecule has 0 aromatic heterocycles. The maximum atomic E-state index is 10.2. The number of rotatable bonds is 4. The van der Waals surface area contributed by atoms with Gasteiger partial charge in [0.15, 0.2) is 0 Å². The van der Waals surface area contributed by atoms with Crippen molar-refractivity contribution in [2.75, 3.05) is 0 Å². The van der Waals surface area contributed by atoms with E-state index in [1.54, 1.807) is 0 Å². The summed E-state index contributed by atoms with van der Waals surface area (Å²) in [5, 5.41) is 2.27. The van der Waals surface area contributed by atoms with Crippen LogP contribution >= 0.6 is 0 Å². The van der Waals surface area contributed by atoms with Crippen molar-refractivity contribution in [1.29, 1.82) is 0 Å². The predicted octanol–water partition coefficient (Wildman–Crippen LogP) is 1.86. The quantitative estimate of drug-likeness (QED) is 0.429. The lowest BCUT2D eigenvalue weighted by Crippen LogP contribution is -1.89. The lowest BCUT2D eigenvalue weighted by molar-refractivity contribution is -0.118. The maximum absolute atomic E-state index is 10.2. The summed E-state index contributed by atoms with van der Waals surface area (Å²) in [5.74, 6) is -0.525. The molecule has 0 spiro atoms. The van der Waals surface area contributed by atoms with Crippen LogP contribution < -0.4 is 0 Å². The fraction of sp³-hybridized carbons (Fsp3) is 0.833. The molecule has 0 saturated heterocycles. The molecule has 0 fully saturated rings. The zero-order valence-electron chi connectivity index (χ0n) is 5.59. The standard InChI is InChI=1S/C6H11NO2/c1-2-3-4-5-6(8)7-9/h2-5H2,1H3. The molecule has 52 valence electrons. The number of amides is 1. The molecule has 0 unspecified atom stereocenters. The summed E-state index contributed by atoms with van der Waals surface area (Å²) in [6.45, 7) is 2.04. The highest BCUT2D eigenvalue weighted by Crippen LogP contribution is 1.99. The van der Waals surface area contributed by atoms with Gasteiger partial charge in [-0.05, 0) is 6.42 Å². The first-order valence-electron chi connectivity index (χ1n) is 3.17. The molecule has 0 rings (SSSR count). The third-order valence-electron chi connectivity index (χ3n) is 1.10. The Morgan fingerprint density at radius 1 is 1.44 bits per heavy atom. The van der Waals surface area contributed by atoms with E-state index in [1.807, 2.05) is 6.92 Å². The molecule has 9 heavy (non-hydrogen) atoms. The zero-order valence-corrected chi connectivity index (χ0v) is 5.59. The predicted molar refractivity (Wildman–Crippen MR) is 34.9 cm³/mol. The van der Waals surface area contributed by atoms with Crippen molar-refractivity contribution in [1.82, 2.24) is 0 Å². The van der Waals surface area contributed by atoms with Gasteiger partial charge in [0.05, 0.1) is 0 Å². The van der Waals surface area contributed by atoms with Gasteiger partial charge in [0, 0.05) is 11.6 Å². The topological polar surface area (TPSA) is 46.5 Å². The fourth-order valence-corrected chi connectivity index (χ4v) is 0.572. The van der Waals surface area contributed by atoms with Gasteiger partial charge in [-0.15, -0.1) is 4.91 Å². The minimum atomic E-state index is -0.525. The molecule has 0 aliphatic heterocycles. The molecule has 0 aromatic carbocycles. The zero-order chi connectivity index (χ0) is 7.11. The van der Waals surface area contributed by atoms with Crippen LogP contribution in [0.4, 0.5) is 0 Å². The van der Waals surface area contributed by atoms with Crippen LogP contribution in [0.2, 0.25) is 0 Å². The average molecular weight is 129 g/mol. The lowest BCUT2D eigenvalue weighted by atomic mass is 10.2. The number of unbranched alkanes of at least 4 members (excludes halogenated alkanes) is 2. The van der Waals surface area contributed by atoms with E-state index in [0.29, 0.717) is 6.42 Å². The summed E-state index contributed by atoms with van der Waals surface area (Å²) < 4.78 is 0. The molecule has 3 heteroatoms.